The number of aromatic nitrogens is 1. The van der Waals surface area contributed by atoms with Crippen molar-refractivity contribution in [3.05, 3.63) is 0 Å². The number of hydrogen-bond donors (Lipinski definition) is 2. The lowest BCUT2D eigenvalue weighted by Crippen LogP contribution is -2.23. The number of anilines is 2. The third-order valence-corrected chi connectivity index (χ3v) is 3.77. The molecule has 0 atom stereocenters. The number of nitrogens with zero attached hydrogens (tertiary/aromatic N) is 2. The number of thioether (sulfide) groups is 1. The fourth-order valence-corrected chi connectivity index (χ4v) is 2.68. The van der Waals surface area contributed by atoms with E-state index in [1.807, 2.05) is 6.26 Å². The van der Waals surface area contributed by atoms with Gasteiger partial charge in [0.25, 0.3) is 0 Å². The molecule has 1 aromatic heterocycles. The summed E-state index contributed by atoms with van der Waals surface area (Å²) in [6.07, 6.45) is 2.43. The molecule has 0 unspecified atom stereocenters. The summed E-state index contributed by atoms with van der Waals surface area (Å²) in [7, 11) is 3.50. The van der Waals surface area contributed by atoms with Crippen LogP contribution in [-0.4, -0.2) is 42.1 Å². The van der Waals surface area contributed by atoms with E-state index in [9.17, 15) is 4.79 Å². The minimum atomic E-state index is 0.107. The second-order valence-electron chi connectivity index (χ2n) is 3.40. The van der Waals surface area contributed by atoms with Crippen molar-refractivity contribution in [1.29, 1.82) is 0 Å². The summed E-state index contributed by atoms with van der Waals surface area (Å²) in [5.41, 5.74) is 5.69. The normalized spacial score (nSPS) is 10.2. The Kier molecular flexibility index (Phi) is 4.88. The van der Waals surface area contributed by atoms with Crippen LogP contribution in [0.3, 0.4) is 0 Å². The lowest BCUT2D eigenvalue weighted by atomic mass is 10.4. The molecule has 0 aromatic carbocycles. The molecule has 0 saturated carbocycles. The van der Waals surface area contributed by atoms with Crippen molar-refractivity contribution in [2.45, 2.75) is 11.3 Å². The Hall–Kier alpha value is -0.950. The molecule has 0 spiro atoms. The van der Waals surface area contributed by atoms with Crippen molar-refractivity contribution in [2.75, 3.05) is 37.9 Å². The van der Waals surface area contributed by atoms with E-state index in [-0.39, 0.29) is 5.91 Å². The number of rotatable bonds is 5. The Morgan fingerprint density at radius 2 is 2.31 bits per heavy atom. The standard InChI is InChI=1S/C9H16N4OS2/c1-13(2)6(14)4-5-11-9-7(15-3)8(10)12-16-9/h11H,4-5H2,1-3H3,(H2,10,12). The lowest BCUT2D eigenvalue weighted by molar-refractivity contribution is -0.128. The zero-order valence-electron chi connectivity index (χ0n) is 9.61. The molecule has 7 heteroatoms. The van der Waals surface area contributed by atoms with Gasteiger partial charge >= 0.3 is 0 Å². The van der Waals surface area contributed by atoms with Gasteiger partial charge in [-0.15, -0.1) is 11.8 Å². The molecule has 0 saturated heterocycles. The van der Waals surface area contributed by atoms with Gasteiger partial charge in [-0.05, 0) is 17.8 Å². The fraction of sp³-hybridized carbons (Fsp3) is 0.556. The van der Waals surface area contributed by atoms with E-state index < -0.39 is 0 Å². The van der Waals surface area contributed by atoms with E-state index in [2.05, 4.69) is 9.69 Å². The van der Waals surface area contributed by atoms with Gasteiger partial charge in [0, 0.05) is 27.1 Å². The number of nitrogen functional groups attached to an aromatic ring is 1. The molecular weight excluding hydrogens is 244 g/mol. The summed E-state index contributed by atoms with van der Waals surface area (Å²) in [5, 5.41) is 4.12. The molecule has 5 nitrogen and oxygen atoms in total. The Morgan fingerprint density at radius 1 is 1.62 bits per heavy atom. The minimum Gasteiger partial charge on any atom is -0.382 e. The van der Waals surface area contributed by atoms with Gasteiger partial charge in [-0.2, -0.15) is 4.37 Å². The molecule has 0 aliphatic rings. The fourth-order valence-electron chi connectivity index (χ4n) is 1.11. The minimum absolute atomic E-state index is 0.107. The van der Waals surface area contributed by atoms with Gasteiger partial charge in [-0.3, -0.25) is 4.79 Å². The highest BCUT2D eigenvalue weighted by molar-refractivity contribution is 7.99. The number of carbonyl (C=O) groups excluding carboxylic acids is 1. The van der Waals surface area contributed by atoms with Crippen molar-refractivity contribution in [1.82, 2.24) is 9.27 Å². The largest absolute Gasteiger partial charge is 0.382 e. The zero-order valence-corrected chi connectivity index (χ0v) is 11.2. The molecule has 0 aliphatic carbocycles. The number of amides is 1. The smallest absolute Gasteiger partial charge is 0.223 e. The number of nitrogens with two attached hydrogens (primary N) is 1. The first kappa shape index (κ1) is 13.1. The van der Waals surface area contributed by atoms with Crippen LogP contribution in [0.4, 0.5) is 10.8 Å². The number of hydrogen-bond acceptors (Lipinski definition) is 6. The maximum Gasteiger partial charge on any atom is 0.223 e. The van der Waals surface area contributed by atoms with E-state index in [1.54, 1.807) is 30.8 Å². The van der Waals surface area contributed by atoms with Crippen molar-refractivity contribution in [2.24, 2.45) is 0 Å². The van der Waals surface area contributed by atoms with Crippen LogP contribution in [0.2, 0.25) is 0 Å². The quantitative estimate of drug-likeness (QED) is 0.782. The highest BCUT2D eigenvalue weighted by Crippen LogP contribution is 2.34. The van der Waals surface area contributed by atoms with Crippen molar-refractivity contribution < 1.29 is 4.79 Å². The summed E-state index contributed by atoms with van der Waals surface area (Å²) in [5.74, 6) is 0.662. The van der Waals surface area contributed by atoms with Crippen molar-refractivity contribution in [3.63, 3.8) is 0 Å². The molecule has 1 aromatic rings. The Balaban J connectivity index is 2.46. The van der Waals surface area contributed by atoms with Crippen LogP contribution in [0.5, 0.6) is 0 Å². The van der Waals surface area contributed by atoms with E-state index in [1.165, 1.54) is 11.5 Å². The molecule has 0 radical (unpaired) electrons. The highest BCUT2D eigenvalue weighted by atomic mass is 32.2. The SMILES string of the molecule is CSc1c(N)nsc1NCCC(=O)N(C)C. The van der Waals surface area contributed by atoms with Crippen LogP contribution in [0.1, 0.15) is 6.42 Å². The van der Waals surface area contributed by atoms with E-state index in [0.717, 1.165) is 9.90 Å². The Bertz CT molecular complexity index is 364. The highest BCUT2D eigenvalue weighted by Gasteiger charge is 2.10. The van der Waals surface area contributed by atoms with Gasteiger partial charge in [0.05, 0.1) is 4.90 Å². The van der Waals surface area contributed by atoms with E-state index in [0.29, 0.717) is 18.8 Å². The molecular formula is C9H16N4OS2. The second kappa shape index (κ2) is 5.95. The topological polar surface area (TPSA) is 71.2 Å². The third-order valence-electron chi connectivity index (χ3n) is 2.00. The monoisotopic (exact) mass is 260 g/mol. The van der Waals surface area contributed by atoms with Gasteiger partial charge < -0.3 is 16.0 Å². The van der Waals surface area contributed by atoms with Crippen LogP contribution in [0, 0.1) is 0 Å². The molecule has 0 aliphatic heterocycles. The number of carbonyl (C=O) groups is 1. The zero-order chi connectivity index (χ0) is 12.1. The average Bonchev–Trinajstić information content (AvgIpc) is 2.59. The van der Waals surface area contributed by atoms with Gasteiger partial charge in [0.15, 0.2) is 5.82 Å². The summed E-state index contributed by atoms with van der Waals surface area (Å²) in [6, 6.07) is 0. The van der Waals surface area contributed by atoms with Crippen LogP contribution < -0.4 is 11.1 Å². The molecule has 90 valence electrons. The molecule has 16 heavy (non-hydrogen) atoms. The average molecular weight is 260 g/mol. The lowest BCUT2D eigenvalue weighted by Gasteiger charge is -2.10. The molecule has 1 amide bonds. The Morgan fingerprint density at radius 3 is 2.88 bits per heavy atom. The van der Waals surface area contributed by atoms with Gasteiger partial charge in [-0.1, -0.05) is 0 Å². The van der Waals surface area contributed by atoms with Gasteiger partial charge in [-0.25, -0.2) is 0 Å². The summed E-state index contributed by atoms with van der Waals surface area (Å²) in [4.78, 5) is 13.9. The van der Waals surface area contributed by atoms with Gasteiger partial charge in [0.2, 0.25) is 5.91 Å². The van der Waals surface area contributed by atoms with Crippen molar-refractivity contribution >= 4 is 40.0 Å². The first-order chi connectivity index (χ1) is 7.56. The summed E-state index contributed by atoms with van der Waals surface area (Å²) in [6.45, 7) is 0.603. The predicted octanol–water partition coefficient (Wildman–Crippen LogP) is 1.34. The Labute approximate surface area is 104 Å². The third kappa shape index (κ3) is 3.28. The first-order valence-electron chi connectivity index (χ1n) is 4.79. The summed E-state index contributed by atoms with van der Waals surface area (Å²) >= 11 is 2.89. The van der Waals surface area contributed by atoms with Crippen molar-refractivity contribution in [3.8, 4) is 0 Å². The van der Waals surface area contributed by atoms with Crippen LogP contribution >= 0.6 is 23.3 Å². The van der Waals surface area contributed by atoms with Crippen LogP contribution in [0.15, 0.2) is 4.90 Å². The molecule has 0 fully saturated rings. The second-order valence-corrected chi connectivity index (χ2v) is 4.99. The van der Waals surface area contributed by atoms with Gasteiger partial charge in [0.1, 0.15) is 5.00 Å². The van der Waals surface area contributed by atoms with Crippen LogP contribution in [0.25, 0.3) is 0 Å². The maximum atomic E-state index is 11.3. The summed E-state index contributed by atoms with van der Waals surface area (Å²) < 4.78 is 4.06. The first-order valence-corrected chi connectivity index (χ1v) is 6.79. The molecule has 1 heterocycles. The molecule has 1 rings (SSSR count). The molecule has 0 bridgehead atoms. The van der Waals surface area contributed by atoms with E-state index in [4.69, 9.17) is 5.73 Å². The van der Waals surface area contributed by atoms with Crippen LogP contribution in [-0.2, 0) is 4.79 Å². The molecule has 3 N–H and O–H groups in total. The maximum absolute atomic E-state index is 11.3. The predicted molar refractivity (Wildman–Crippen MR) is 70.1 cm³/mol. The number of nitrogens with one attached hydrogen (secondary N) is 1. The van der Waals surface area contributed by atoms with E-state index >= 15 is 0 Å².